The van der Waals surface area contributed by atoms with E-state index in [4.69, 9.17) is 14.2 Å². The van der Waals surface area contributed by atoms with Crippen molar-refractivity contribution in [3.63, 3.8) is 0 Å². The summed E-state index contributed by atoms with van der Waals surface area (Å²) in [4.78, 5) is 26.8. The summed E-state index contributed by atoms with van der Waals surface area (Å²) in [6.45, 7) is 1.26. The van der Waals surface area contributed by atoms with E-state index in [1.165, 1.54) is 0 Å². The summed E-state index contributed by atoms with van der Waals surface area (Å²) in [5.74, 6) is 0.948. The molecule has 2 aromatic carbocycles. The first-order valence-corrected chi connectivity index (χ1v) is 8.68. The first-order chi connectivity index (χ1) is 12.7. The van der Waals surface area contributed by atoms with Crippen molar-refractivity contribution in [2.75, 3.05) is 19.9 Å². The lowest BCUT2D eigenvalue weighted by Gasteiger charge is -2.38. The van der Waals surface area contributed by atoms with Crippen LogP contribution in [0.4, 0.5) is 0 Å². The summed E-state index contributed by atoms with van der Waals surface area (Å²) >= 11 is 0. The Morgan fingerprint density at radius 2 is 1.77 bits per heavy atom. The van der Waals surface area contributed by atoms with Gasteiger partial charge in [0, 0.05) is 37.1 Å². The lowest BCUT2D eigenvalue weighted by Crippen LogP contribution is -2.45. The van der Waals surface area contributed by atoms with E-state index in [-0.39, 0.29) is 18.7 Å². The van der Waals surface area contributed by atoms with E-state index in [9.17, 15) is 9.59 Å². The molecule has 26 heavy (non-hydrogen) atoms. The molecule has 0 N–H and O–H groups in total. The van der Waals surface area contributed by atoms with Crippen LogP contribution in [-0.4, -0.2) is 36.7 Å². The van der Waals surface area contributed by atoms with Gasteiger partial charge in [0.1, 0.15) is 5.60 Å². The number of likely N-dealkylation sites (tertiary alicyclic amines) is 1. The first kappa shape index (κ1) is 15.3. The van der Waals surface area contributed by atoms with Crippen molar-refractivity contribution in [2.24, 2.45) is 0 Å². The molecule has 132 valence electrons. The normalized spacial score (nSPS) is 19.4. The molecule has 3 heterocycles. The van der Waals surface area contributed by atoms with Gasteiger partial charge in [0.25, 0.3) is 5.91 Å². The summed E-state index contributed by atoms with van der Waals surface area (Å²) in [7, 11) is 0. The highest BCUT2D eigenvalue weighted by Gasteiger charge is 2.47. The van der Waals surface area contributed by atoms with Gasteiger partial charge in [0.05, 0.1) is 5.56 Å². The van der Waals surface area contributed by atoms with Gasteiger partial charge in [-0.2, -0.15) is 0 Å². The zero-order valence-corrected chi connectivity index (χ0v) is 14.1. The molecule has 6 nitrogen and oxygen atoms in total. The molecule has 0 bridgehead atoms. The fourth-order valence-corrected chi connectivity index (χ4v) is 4.00. The van der Waals surface area contributed by atoms with Gasteiger partial charge in [-0.1, -0.05) is 18.2 Å². The van der Waals surface area contributed by atoms with E-state index in [1.54, 1.807) is 29.2 Å². The van der Waals surface area contributed by atoms with Crippen LogP contribution < -0.4 is 9.47 Å². The summed E-state index contributed by atoms with van der Waals surface area (Å²) in [5.41, 5.74) is 1.57. The van der Waals surface area contributed by atoms with Crippen molar-refractivity contribution in [1.82, 2.24) is 4.90 Å². The number of rotatable bonds is 1. The van der Waals surface area contributed by atoms with Crippen LogP contribution in [0.3, 0.4) is 0 Å². The van der Waals surface area contributed by atoms with Crippen molar-refractivity contribution in [3.05, 3.63) is 59.2 Å². The standard InChI is InChI=1S/C20H17NO5/c22-18(13-5-6-16-17(11-13)25-12-24-16)21-9-7-20(8-10-21)15-4-2-1-3-14(15)19(23)26-20/h1-6,11H,7-10,12H2. The number of fused-ring (bicyclic) bond motifs is 3. The summed E-state index contributed by atoms with van der Waals surface area (Å²) in [5, 5.41) is 0. The average Bonchev–Trinajstić information content (AvgIpc) is 3.25. The quantitative estimate of drug-likeness (QED) is 0.739. The van der Waals surface area contributed by atoms with Crippen molar-refractivity contribution >= 4 is 11.9 Å². The molecule has 0 radical (unpaired) electrons. The molecule has 1 spiro atoms. The number of ether oxygens (including phenoxy) is 3. The molecule has 1 amide bonds. The maximum Gasteiger partial charge on any atom is 0.339 e. The molecular weight excluding hydrogens is 334 g/mol. The lowest BCUT2D eigenvalue weighted by molar-refractivity contribution is -0.0389. The van der Waals surface area contributed by atoms with Gasteiger partial charge in [0.2, 0.25) is 6.79 Å². The van der Waals surface area contributed by atoms with Crippen molar-refractivity contribution in [3.8, 4) is 11.5 Å². The maximum absolute atomic E-state index is 12.8. The number of piperidine rings is 1. The molecule has 0 aliphatic carbocycles. The molecule has 5 rings (SSSR count). The van der Waals surface area contributed by atoms with Gasteiger partial charge in [-0.05, 0) is 24.3 Å². The monoisotopic (exact) mass is 351 g/mol. The number of benzene rings is 2. The van der Waals surface area contributed by atoms with Crippen LogP contribution in [0.5, 0.6) is 11.5 Å². The number of esters is 1. The van der Waals surface area contributed by atoms with Crippen molar-refractivity contribution in [2.45, 2.75) is 18.4 Å². The number of hydrogen-bond acceptors (Lipinski definition) is 5. The third kappa shape index (κ3) is 2.18. The number of amides is 1. The number of carbonyl (C=O) groups is 2. The predicted molar refractivity (Wildman–Crippen MR) is 91.2 cm³/mol. The zero-order chi connectivity index (χ0) is 17.7. The minimum absolute atomic E-state index is 0.0456. The fourth-order valence-electron chi connectivity index (χ4n) is 4.00. The van der Waals surface area contributed by atoms with Crippen LogP contribution in [0.1, 0.15) is 39.1 Å². The van der Waals surface area contributed by atoms with E-state index in [1.807, 2.05) is 18.2 Å². The van der Waals surface area contributed by atoms with Crippen LogP contribution in [0.25, 0.3) is 0 Å². The molecule has 2 aromatic rings. The Bertz CT molecular complexity index is 914. The van der Waals surface area contributed by atoms with Crippen molar-refractivity contribution in [1.29, 1.82) is 0 Å². The van der Waals surface area contributed by atoms with Gasteiger partial charge in [-0.15, -0.1) is 0 Å². The fraction of sp³-hybridized carbons (Fsp3) is 0.300. The summed E-state index contributed by atoms with van der Waals surface area (Å²) in [6, 6.07) is 12.8. The topological polar surface area (TPSA) is 65.1 Å². The van der Waals surface area contributed by atoms with Gasteiger partial charge in [0.15, 0.2) is 11.5 Å². The van der Waals surface area contributed by atoms with Gasteiger partial charge in [-0.3, -0.25) is 4.79 Å². The SMILES string of the molecule is O=C1OC2(CCN(C(=O)c3ccc4c(c3)OCO4)CC2)c2ccccc21. The van der Waals surface area contributed by atoms with Gasteiger partial charge < -0.3 is 19.1 Å². The van der Waals surface area contributed by atoms with Crippen LogP contribution >= 0.6 is 0 Å². The van der Waals surface area contributed by atoms with Crippen LogP contribution in [0.15, 0.2) is 42.5 Å². The molecule has 1 fully saturated rings. The predicted octanol–water partition coefficient (Wildman–Crippen LogP) is 2.72. The molecule has 0 atom stereocenters. The molecule has 1 saturated heterocycles. The minimum atomic E-state index is -0.598. The number of hydrogen-bond donors (Lipinski definition) is 0. The Morgan fingerprint density at radius 3 is 2.62 bits per heavy atom. The minimum Gasteiger partial charge on any atom is -0.454 e. The average molecular weight is 351 g/mol. The number of carbonyl (C=O) groups excluding carboxylic acids is 2. The Balaban J connectivity index is 1.35. The summed E-state index contributed by atoms with van der Waals surface area (Å²) in [6.07, 6.45) is 1.21. The summed E-state index contributed by atoms with van der Waals surface area (Å²) < 4.78 is 16.4. The second-order valence-corrected chi connectivity index (χ2v) is 6.79. The molecule has 0 unspecified atom stereocenters. The Morgan fingerprint density at radius 1 is 1.00 bits per heavy atom. The smallest absolute Gasteiger partial charge is 0.339 e. The van der Waals surface area contributed by atoms with E-state index < -0.39 is 5.60 Å². The number of nitrogens with zero attached hydrogens (tertiary/aromatic N) is 1. The third-order valence-electron chi connectivity index (χ3n) is 5.40. The lowest BCUT2D eigenvalue weighted by atomic mass is 9.83. The highest BCUT2D eigenvalue weighted by atomic mass is 16.7. The second kappa shape index (κ2) is 5.49. The molecule has 6 heteroatoms. The van der Waals surface area contributed by atoms with E-state index in [0.29, 0.717) is 48.6 Å². The highest BCUT2D eigenvalue weighted by Crippen LogP contribution is 2.44. The van der Waals surface area contributed by atoms with Crippen molar-refractivity contribution < 1.29 is 23.8 Å². The van der Waals surface area contributed by atoms with Gasteiger partial charge >= 0.3 is 5.97 Å². The maximum atomic E-state index is 12.8. The molecule has 3 aliphatic heterocycles. The Labute approximate surface area is 150 Å². The van der Waals surface area contributed by atoms with Crippen LogP contribution in [0, 0.1) is 0 Å². The molecule has 0 aromatic heterocycles. The van der Waals surface area contributed by atoms with Gasteiger partial charge in [-0.25, -0.2) is 4.79 Å². The van der Waals surface area contributed by atoms with Crippen LogP contribution in [-0.2, 0) is 10.3 Å². The van der Waals surface area contributed by atoms with Crippen LogP contribution in [0.2, 0.25) is 0 Å². The van der Waals surface area contributed by atoms with E-state index >= 15 is 0 Å². The Kier molecular flexibility index (Phi) is 3.22. The van der Waals surface area contributed by atoms with E-state index in [0.717, 1.165) is 5.56 Å². The molecule has 3 aliphatic rings. The highest BCUT2D eigenvalue weighted by molar-refractivity contribution is 5.96. The molecule has 0 saturated carbocycles. The Hall–Kier alpha value is -3.02. The zero-order valence-electron chi connectivity index (χ0n) is 14.1. The van der Waals surface area contributed by atoms with E-state index in [2.05, 4.69) is 0 Å². The second-order valence-electron chi connectivity index (χ2n) is 6.79. The third-order valence-corrected chi connectivity index (χ3v) is 5.40. The first-order valence-electron chi connectivity index (χ1n) is 8.68. The largest absolute Gasteiger partial charge is 0.454 e. The molecular formula is C20H17NO5.